The fourth-order valence-corrected chi connectivity index (χ4v) is 3.06. The van der Waals surface area contributed by atoms with Gasteiger partial charge < -0.3 is 16.4 Å². The zero-order chi connectivity index (χ0) is 14.1. The molecule has 0 unspecified atom stereocenters. The summed E-state index contributed by atoms with van der Waals surface area (Å²) < 4.78 is 0. The summed E-state index contributed by atoms with van der Waals surface area (Å²) in [7, 11) is 1.99. The Morgan fingerprint density at radius 3 is 2.85 bits per heavy atom. The van der Waals surface area contributed by atoms with Gasteiger partial charge in [-0.15, -0.1) is 11.3 Å². The van der Waals surface area contributed by atoms with Gasteiger partial charge in [0, 0.05) is 36.7 Å². The molecule has 0 saturated heterocycles. The SMILES string of the molecule is CN(Cc1nccs1)c1cc(C2CC(N)C2)nc(N)n1. The molecule has 1 saturated carbocycles. The van der Waals surface area contributed by atoms with Crippen molar-refractivity contribution in [2.24, 2.45) is 5.73 Å². The topological polar surface area (TPSA) is 94.0 Å². The third kappa shape index (κ3) is 2.73. The zero-order valence-corrected chi connectivity index (χ0v) is 12.2. The van der Waals surface area contributed by atoms with Gasteiger partial charge in [0.1, 0.15) is 10.8 Å². The summed E-state index contributed by atoms with van der Waals surface area (Å²) in [5.41, 5.74) is 12.7. The van der Waals surface area contributed by atoms with Crippen molar-refractivity contribution in [1.29, 1.82) is 0 Å². The van der Waals surface area contributed by atoms with Crippen molar-refractivity contribution < 1.29 is 0 Å². The van der Waals surface area contributed by atoms with Crippen LogP contribution in [0.1, 0.15) is 29.5 Å². The smallest absolute Gasteiger partial charge is 0.222 e. The molecule has 0 spiro atoms. The number of nitrogen functional groups attached to an aromatic ring is 1. The van der Waals surface area contributed by atoms with Crippen molar-refractivity contribution in [3.05, 3.63) is 28.3 Å². The molecule has 6 nitrogen and oxygen atoms in total. The maximum Gasteiger partial charge on any atom is 0.222 e. The number of nitrogens with two attached hydrogens (primary N) is 2. The first-order chi connectivity index (χ1) is 9.61. The summed E-state index contributed by atoms with van der Waals surface area (Å²) in [6.45, 7) is 0.720. The molecular weight excluding hydrogens is 272 g/mol. The minimum Gasteiger partial charge on any atom is -0.368 e. The van der Waals surface area contributed by atoms with E-state index in [4.69, 9.17) is 11.5 Å². The van der Waals surface area contributed by atoms with E-state index in [1.54, 1.807) is 11.3 Å². The third-order valence-electron chi connectivity index (χ3n) is 3.59. The Labute approximate surface area is 121 Å². The lowest BCUT2D eigenvalue weighted by atomic mass is 9.78. The molecule has 0 amide bonds. The normalized spacial score (nSPS) is 21.5. The molecule has 0 aromatic carbocycles. The van der Waals surface area contributed by atoms with Crippen LogP contribution in [0.25, 0.3) is 0 Å². The van der Waals surface area contributed by atoms with Crippen molar-refractivity contribution >= 4 is 23.1 Å². The predicted molar refractivity (Wildman–Crippen MR) is 80.6 cm³/mol. The molecule has 106 valence electrons. The second kappa shape index (κ2) is 5.34. The Balaban J connectivity index is 1.78. The first kappa shape index (κ1) is 13.3. The van der Waals surface area contributed by atoms with Gasteiger partial charge in [-0.2, -0.15) is 4.98 Å². The van der Waals surface area contributed by atoms with E-state index >= 15 is 0 Å². The van der Waals surface area contributed by atoms with Gasteiger partial charge in [0.2, 0.25) is 5.95 Å². The Hall–Kier alpha value is -1.73. The monoisotopic (exact) mass is 290 g/mol. The van der Waals surface area contributed by atoms with Gasteiger partial charge in [-0.1, -0.05) is 0 Å². The molecule has 2 heterocycles. The molecule has 0 radical (unpaired) electrons. The highest BCUT2D eigenvalue weighted by atomic mass is 32.1. The summed E-state index contributed by atoms with van der Waals surface area (Å²) in [6.07, 6.45) is 3.77. The van der Waals surface area contributed by atoms with Gasteiger partial charge in [0.25, 0.3) is 0 Å². The Morgan fingerprint density at radius 1 is 1.40 bits per heavy atom. The first-order valence-corrected chi connectivity index (χ1v) is 7.49. The summed E-state index contributed by atoms with van der Waals surface area (Å²) in [5.74, 6) is 1.58. The first-order valence-electron chi connectivity index (χ1n) is 6.61. The number of thiazole rings is 1. The lowest BCUT2D eigenvalue weighted by molar-refractivity contribution is 0.345. The van der Waals surface area contributed by atoms with Crippen molar-refractivity contribution in [3.8, 4) is 0 Å². The molecule has 2 aromatic rings. The van der Waals surface area contributed by atoms with Crippen molar-refractivity contribution in [3.63, 3.8) is 0 Å². The quantitative estimate of drug-likeness (QED) is 0.883. The van der Waals surface area contributed by atoms with Crippen LogP contribution >= 0.6 is 11.3 Å². The van der Waals surface area contributed by atoms with Gasteiger partial charge in [-0.25, -0.2) is 9.97 Å². The van der Waals surface area contributed by atoms with Crippen LogP contribution < -0.4 is 16.4 Å². The van der Waals surface area contributed by atoms with Crippen molar-refractivity contribution in [2.45, 2.75) is 31.3 Å². The second-order valence-corrected chi connectivity index (χ2v) is 6.20. The van der Waals surface area contributed by atoms with Crippen molar-refractivity contribution in [2.75, 3.05) is 17.7 Å². The fourth-order valence-electron chi connectivity index (χ4n) is 2.39. The molecule has 1 aliphatic rings. The van der Waals surface area contributed by atoms with E-state index in [1.807, 2.05) is 29.6 Å². The van der Waals surface area contributed by atoms with E-state index in [0.29, 0.717) is 17.9 Å². The zero-order valence-electron chi connectivity index (χ0n) is 11.4. The molecule has 0 atom stereocenters. The Kier molecular flexibility index (Phi) is 3.54. The average molecular weight is 290 g/mol. The third-order valence-corrected chi connectivity index (χ3v) is 4.35. The average Bonchev–Trinajstić information content (AvgIpc) is 2.87. The summed E-state index contributed by atoms with van der Waals surface area (Å²) in [5, 5.41) is 3.02. The highest BCUT2D eigenvalue weighted by molar-refractivity contribution is 7.09. The van der Waals surface area contributed by atoms with E-state index in [0.717, 1.165) is 35.9 Å². The molecule has 20 heavy (non-hydrogen) atoms. The number of aromatic nitrogens is 3. The van der Waals surface area contributed by atoms with Crippen LogP contribution in [0.2, 0.25) is 0 Å². The largest absolute Gasteiger partial charge is 0.368 e. The minimum absolute atomic E-state index is 0.299. The maximum absolute atomic E-state index is 5.84. The molecule has 7 heteroatoms. The lowest BCUT2D eigenvalue weighted by Crippen LogP contribution is -2.35. The number of anilines is 2. The van der Waals surface area contributed by atoms with E-state index in [1.165, 1.54) is 0 Å². The van der Waals surface area contributed by atoms with Gasteiger partial charge in [0.05, 0.1) is 12.2 Å². The fraction of sp³-hybridized carbons (Fsp3) is 0.462. The van der Waals surface area contributed by atoms with Crippen LogP contribution in [0.15, 0.2) is 17.6 Å². The van der Waals surface area contributed by atoms with Crippen LogP contribution in [0.4, 0.5) is 11.8 Å². The molecule has 4 N–H and O–H groups in total. The number of hydrogen-bond donors (Lipinski definition) is 2. The Morgan fingerprint density at radius 2 is 2.20 bits per heavy atom. The van der Waals surface area contributed by atoms with Gasteiger partial charge in [0.15, 0.2) is 0 Å². The van der Waals surface area contributed by atoms with Crippen LogP contribution in [0, 0.1) is 0 Å². The van der Waals surface area contributed by atoms with E-state index < -0.39 is 0 Å². The highest BCUT2D eigenvalue weighted by Gasteiger charge is 2.29. The van der Waals surface area contributed by atoms with Crippen LogP contribution in [-0.2, 0) is 6.54 Å². The number of rotatable bonds is 4. The minimum atomic E-state index is 0.299. The van der Waals surface area contributed by atoms with E-state index in [-0.39, 0.29) is 0 Å². The van der Waals surface area contributed by atoms with Crippen LogP contribution in [0.3, 0.4) is 0 Å². The molecule has 1 fully saturated rings. The molecule has 1 aliphatic carbocycles. The molecular formula is C13H18N6S. The Bertz CT molecular complexity index is 579. The predicted octanol–water partition coefficient (Wildman–Crippen LogP) is 1.36. The second-order valence-electron chi connectivity index (χ2n) is 5.22. The summed E-state index contributed by atoms with van der Waals surface area (Å²) in [4.78, 5) is 15.0. The molecule has 2 aromatic heterocycles. The molecule has 0 bridgehead atoms. The van der Waals surface area contributed by atoms with Gasteiger partial charge in [-0.3, -0.25) is 0 Å². The maximum atomic E-state index is 5.84. The lowest BCUT2D eigenvalue weighted by Gasteiger charge is -2.32. The summed E-state index contributed by atoms with van der Waals surface area (Å²) in [6, 6.07) is 2.31. The molecule has 0 aliphatic heterocycles. The van der Waals surface area contributed by atoms with E-state index in [2.05, 4.69) is 15.0 Å². The summed E-state index contributed by atoms with van der Waals surface area (Å²) >= 11 is 1.63. The molecule has 3 rings (SSSR count). The highest BCUT2D eigenvalue weighted by Crippen LogP contribution is 2.35. The number of hydrogen-bond acceptors (Lipinski definition) is 7. The number of nitrogens with zero attached hydrogens (tertiary/aromatic N) is 4. The van der Waals surface area contributed by atoms with E-state index in [9.17, 15) is 0 Å². The standard InChI is InChI=1S/C13H18N6S/c1-19(7-12-16-2-3-20-12)11-6-10(17-13(15)18-11)8-4-9(14)5-8/h2-3,6,8-9H,4-5,7,14H2,1H3,(H2,15,17,18). The van der Waals surface area contributed by atoms with Crippen molar-refractivity contribution in [1.82, 2.24) is 15.0 Å². The van der Waals surface area contributed by atoms with Gasteiger partial charge >= 0.3 is 0 Å². The van der Waals surface area contributed by atoms with Crippen LogP contribution in [-0.4, -0.2) is 28.0 Å². The van der Waals surface area contributed by atoms with Gasteiger partial charge in [-0.05, 0) is 12.8 Å². The van der Waals surface area contributed by atoms with Crippen LogP contribution in [0.5, 0.6) is 0 Å².